The number of fused-ring (bicyclic) bond motifs is 1. The van der Waals surface area contributed by atoms with Crippen molar-refractivity contribution in [3.05, 3.63) is 70.8 Å². The van der Waals surface area contributed by atoms with E-state index in [1.54, 1.807) is 0 Å². The fourth-order valence-corrected chi connectivity index (χ4v) is 2.89. The topological polar surface area (TPSA) is 29.5 Å². The molecule has 0 fully saturated rings. The summed E-state index contributed by atoms with van der Waals surface area (Å²) < 4.78 is 5.87. The number of aliphatic hydroxyl groups is 1. The van der Waals surface area contributed by atoms with E-state index in [1.807, 2.05) is 37.3 Å². The van der Waals surface area contributed by atoms with Crippen LogP contribution in [0.3, 0.4) is 0 Å². The molecule has 0 bridgehead atoms. The highest BCUT2D eigenvalue weighted by Crippen LogP contribution is 2.34. The number of ether oxygens (including phenoxy) is 1. The highest BCUT2D eigenvalue weighted by molar-refractivity contribution is 5.31. The van der Waals surface area contributed by atoms with Gasteiger partial charge in [-0.15, -0.1) is 0 Å². The number of hydrogen-bond acceptors (Lipinski definition) is 2. The molecule has 2 unspecified atom stereocenters. The molecule has 0 spiro atoms. The molecule has 104 valence electrons. The van der Waals surface area contributed by atoms with E-state index in [2.05, 4.69) is 18.2 Å². The van der Waals surface area contributed by atoms with E-state index in [-0.39, 0.29) is 6.10 Å². The van der Waals surface area contributed by atoms with E-state index in [1.165, 1.54) is 16.7 Å². The Bertz CT molecular complexity index is 591. The average Bonchev–Trinajstić information content (AvgIpc) is 2.47. The van der Waals surface area contributed by atoms with Crippen molar-refractivity contribution in [1.82, 2.24) is 0 Å². The Hall–Kier alpha value is -1.64. The normalized spacial score (nSPS) is 19.4. The first kappa shape index (κ1) is 13.3. The van der Waals surface area contributed by atoms with Gasteiger partial charge in [-0.2, -0.15) is 0 Å². The minimum Gasteiger partial charge on any atom is -0.388 e. The maximum absolute atomic E-state index is 10.4. The second kappa shape index (κ2) is 5.78. The fraction of sp³-hybridized carbons (Fsp3) is 0.333. The molecule has 2 atom stereocenters. The molecule has 2 aromatic carbocycles. The Morgan fingerprint density at radius 2 is 2.05 bits per heavy atom. The summed E-state index contributed by atoms with van der Waals surface area (Å²) in [6.45, 7) is 2.78. The van der Waals surface area contributed by atoms with Crippen LogP contribution >= 0.6 is 0 Å². The molecule has 2 aromatic rings. The summed E-state index contributed by atoms with van der Waals surface area (Å²) in [7, 11) is 0. The van der Waals surface area contributed by atoms with Crippen molar-refractivity contribution in [3.8, 4) is 0 Å². The molecule has 1 N–H and O–H groups in total. The molecular formula is C18H20O2. The summed E-state index contributed by atoms with van der Waals surface area (Å²) in [5.41, 5.74) is 4.72. The molecule has 20 heavy (non-hydrogen) atoms. The van der Waals surface area contributed by atoms with Gasteiger partial charge in [-0.3, -0.25) is 0 Å². The Morgan fingerprint density at radius 1 is 1.20 bits per heavy atom. The third-order valence-electron chi connectivity index (χ3n) is 3.96. The maximum Gasteiger partial charge on any atom is 0.0855 e. The van der Waals surface area contributed by atoms with Gasteiger partial charge >= 0.3 is 0 Å². The quantitative estimate of drug-likeness (QED) is 0.919. The highest BCUT2D eigenvalue weighted by Gasteiger charge is 2.23. The second-order valence-electron chi connectivity index (χ2n) is 5.47. The lowest BCUT2D eigenvalue weighted by Crippen LogP contribution is -2.18. The van der Waals surface area contributed by atoms with Crippen LogP contribution in [-0.4, -0.2) is 11.7 Å². The molecule has 0 saturated heterocycles. The third-order valence-corrected chi connectivity index (χ3v) is 3.96. The molecule has 0 aromatic heterocycles. The van der Waals surface area contributed by atoms with Gasteiger partial charge in [-0.25, -0.2) is 0 Å². The minimum atomic E-state index is -0.481. The molecule has 1 aliphatic heterocycles. The fourth-order valence-electron chi connectivity index (χ4n) is 2.89. The molecule has 0 saturated carbocycles. The standard InChI is InChI=1S/C18H20O2/c1-13-5-4-7-15(11-13)17(19)12-18-16-8-3-2-6-14(16)9-10-20-18/h2-8,11,17-19H,9-10,12H2,1H3. The van der Waals surface area contributed by atoms with Crippen LogP contribution in [0, 0.1) is 6.92 Å². The van der Waals surface area contributed by atoms with E-state index in [4.69, 9.17) is 4.74 Å². The molecule has 2 nitrogen and oxygen atoms in total. The van der Waals surface area contributed by atoms with Crippen molar-refractivity contribution in [1.29, 1.82) is 0 Å². The van der Waals surface area contributed by atoms with Crippen LogP contribution < -0.4 is 0 Å². The van der Waals surface area contributed by atoms with Crippen molar-refractivity contribution in [3.63, 3.8) is 0 Å². The Labute approximate surface area is 120 Å². The van der Waals surface area contributed by atoms with Gasteiger partial charge in [-0.05, 0) is 30.0 Å². The smallest absolute Gasteiger partial charge is 0.0855 e. The second-order valence-corrected chi connectivity index (χ2v) is 5.47. The molecule has 0 aliphatic carbocycles. The summed E-state index contributed by atoms with van der Waals surface area (Å²) in [6, 6.07) is 16.4. The van der Waals surface area contributed by atoms with Gasteiger partial charge < -0.3 is 9.84 Å². The summed E-state index contributed by atoms with van der Waals surface area (Å²) in [5, 5.41) is 10.4. The predicted molar refractivity (Wildman–Crippen MR) is 79.6 cm³/mol. The predicted octanol–water partition coefficient (Wildman–Crippen LogP) is 3.73. The highest BCUT2D eigenvalue weighted by atomic mass is 16.5. The first-order chi connectivity index (χ1) is 9.74. The van der Waals surface area contributed by atoms with Gasteiger partial charge in [0, 0.05) is 6.42 Å². The Balaban J connectivity index is 1.79. The summed E-state index contributed by atoms with van der Waals surface area (Å²) >= 11 is 0. The average molecular weight is 268 g/mol. The van der Waals surface area contributed by atoms with Gasteiger partial charge in [0.2, 0.25) is 0 Å². The van der Waals surface area contributed by atoms with E-state index >= 15 is 0 Å². The Morgan fingerprint density at radius 3 is 2.90 bits per heavy atom. The zero-order chi connectivity index (χ0) is 13.9. The van der Waals surface area contributed by atoms with Crippen LogP contribution in [-0.2, 0) is 11.2 Å². The molecule has 0 amide bonds. The van der Waals surface area contributed by atoms with Crippen LogP contribution in [0.15, 0.2) is 48.5 Å². The number of rotatable bonds is 3. The lowest BCUT2D eigenvalue weighted by molar-refractivity contribution is 0.00376. The SMILES string of the molecule is Cc1cccc(C(O)CC2OCCc3ccccc32)c1. The zero-order valence-electron chi connectivity index (χ0n) is 11.8. The van der Waals surface area contributed by atoms with Gasteiger partial charge in [0.05, 0.1) is 18.8 Å². The number of benzene rings is 2. The largest absolute Gasteiger partial charge is 0.388 e. The molecule has 1 heterocycles. The first-order valence-corrected chi connectivity index (χ1v) is 7.18. The molecule has 1 aliphatic rings. The van der Waals surface area contributed by atoms with Crippen LogP contribution in [0.4, 0.5) is 0 Å². The van der Waals surface area contributed by atoms with E-state index in [0.717, 1.165) is 18.6 Å². The molecular weight excluding hydrogens is 248 g/mol. The number of aryl methyl sites for hydroxylation is 1. The van der Waals surface area contributed by atoms with Crippen molar-refractivity contribution >= 4 is 0 Å². The van der Waals surface area contributed by atoms with Crippen molar-refractivity contribution in [2.24, 2.45) is 0 Å². The summed E-state index contributed by atoms with van der Waals surface area (Å²) in [6.07, 6.45) is 1.09. The van der Waals surface area contributed by atoms with Gasteiger partial charge in [0.15, 0.2) is 0 Å². The van der Waals surface area contributed by atoms with Crippen molar-refractivity contribution in [2.75, 3.05) is 6.61 Å². The number of hydrogen-bond donors (Lipinski definition) is 1. The van der Waals surface area contributed by atoms with E-state index in [9.17, 15) is 5.11 Å². The van der Waals surface area contributed by atoms with Crippen LogP contribution in [0.2, 0.25) is 0 Å². The zero-order valence-corrected chi connectivity index (χ0v) is 11.8. The van der Waals surface area contributed by atoms with Crippen LogP contribution in [0.5, 0.6) is 0 Å². The van der Waals surface area contributed by atoms with E-state index in [0.29, 0.717) is 6.42 Å². The van der Waals surface area contributed by atoms with Gasteiger partial charge in [-0.1, -0.05) is 54.1 Å². The molecule has 3 rings (SSSR count). The Kier molecular flexibility index (Phi) is 3.86. The monoisotopic (exact) mass is 268 g/mol. The summed E-state index contributed by atoms with van der Waals surface area (Å²) in [4.78, 5) is 0. The molecule has 2 heteroatoms. The lowest BCUT2D eigenvalue weighted by atomic mass is 9.92. The van der Waals surface area contributed by atoms with Gasteiger partial charge in [0.1, 0.15) is 0 Å². The first-order valence-electron chi connectivity index (χ1n) is 7.18. The van der Waals surface area contributed by atoms with Crippen molar-refractivity contribution in [2.45, 2.75) is 32.0 Å². The van der Waals surface area contributed by atoms with Gasteiger partial charge in [0.25, 0.3) is 0 Å². The number of aliphatic hydroxyl groups excluding tert-OH is 1. The summed E-state index contributed by atoms with van der Waals surface area (Å²) in [5.74, 6) is 0. The van der Waals surface area contributed by atoms with Crippen molar-refractivity contribution < 1.29 is 9.84 Å². The third kappa shape index (κ3) is 2.77. The maximum atomic E-state index is 10.4. The van der Waals surface area contributed by atoms with Crippen LogP contribution in [0.1, 0.15) is 40.9 Å². The minimum absolute atomic E-state index is 0.00420. The molecule has 0 radical (unpaired) electrons. The van der Waals surface area contributed by atoms with Crippen LogP contribution in [0.25, 0.3) is 0 Å². The van der Waals surface area contributed by atoms with E-state index < -0.39 is 6.10 Å². The lowest BCUT2D eigenvalue weighted by Gasteiger charge is -2.28.